The minimum atomic E-state index is 0.0101. The van der Waals surface area contributed by atoms with Gasteiger partial charge >= 0.3 is 0 Å². The molecule has 2 rings (SSSR count). The Morgan fingerprint density at radius 3 is 2.88 bits per heavy atom. The Morgan fingerprint density at radius 2 is 2.24 bits per heavy atom. The number of carbonyl (C=O) groups excluding carboxylic acids is 1. The standard InChI is InChI=1S/C12H18N4O/c1-9-2-3-16(7-10(9)4-13)12(17)11-5-14-8-15-6-11/h5-6,8-10H,2-4,7,13H2,1H3. The first-order chi connectivity index (χ1) is 8.22. The molecule has 1 amide bonds. The molecule has 0 aliphatic carbocycles. The van der Waals surface area contributed by atoms with Gasteiger partial charge in [-0.1, -0.05) is 6.92 Å². The molecule has 1 saturated heterocycles. The van der Waals surface area contributed by atoms with Crippen molar-refractivity contribution in [1.82, 2.24) is 14.9 Å². The van der Waals surface area contributed by atoms with E-state index < -0.39 is 0 Å². The number of piperidine rings is 1. The molecule has 5 heteroatoms. The zero-order valence-corrected chi connectivity index (χ0v) is 10.0. The quantitative estimate of drug-likeness (QED) is 0.810. The minimum Gasteiger partial charge on any atom is -0.338 e. The Bertz CT molecular complexity index is 381. The summed E-state index contributed by atoms with van der Waals surface area (Å²) in [5.41, 5.74) is 6.29. The van der Waals surface area contributed by atoms with E-state index in [2.05, 4.69) is 16.9 Å². The van der Waals surface area contributed by atoms with Gasteiger partial charge in [0, 0.05) is 25.5 Å². The van der Waals surface area contributed by atoms with Crippen LogP contribution in [0.4, 0.5) is 0 Å². The molecule has 0 bridgehead atoms. The van der Waals surface area contributed by atoms with Crippen molar-refractivity contribution in [2.24, 2.45) is 17.6 Å². The zero-order chi connectivity index (χ0) is 12.3. The first-order valence-electron chi connectivity index (χ1n) is 5.96. The smallest absolute Gasteiger partial charge is 0.257 e. The highest BCUT2D eigenvalue weighted by molar-refractivity contribution is 5.93. The van der Waals surface area contributed by atoms with E-state index in [0.717, 1.165) is 19.5 Å². The van der Waals surface area contributed by atoms with Crippen LogP contribution < -0.4 is 5.73 Å². The van der Waals surface area contributed by atoms with Crippen LogP contribution in [0.2, 0.25) is 0 Å². The summed E-state index contributed by atoms with van der Waals surface area (Å²) in [4.78, 5) is 21.8. The molecule has 0 spiro atoms. The number of carbonyl (C=O) groups is 1. The van der Waals surface area contributed by atoms with Crippen molar-refractivity contribution < 1.29 is 4.79 Å². The van der Waals surface area contributed by atoms with Crippen molar-refractivity contribution in [2.75, 3.05) is 19.6 Å². The van der Waals surface area contributed by atoms with Crippen molar-refractivity contribution >= 4 is 5.91 Å². The van der Waals surface area contributed by atoms with Crippen molar-refractivity contribution in [3.8, 4) is 0 Å². The van der Waals surface area contributed by atoms with Crippen molar-refractivity contribution in [3.05, 3.63) is 24.3 Å². The third-order valence-corrected chi connectivity index (χ3v) is 3.51. The van der Waals surface area contributed by atoms with Gasteiger partial charge in [0.05, 0.1) is 5.56 Å². The first kappa shape index (κ1) is 12.0. The van der Waals surface area contributed by atoms with Gasteiger partial charge in [0.2, 0.25) is 0 Å². The Hall–Kier alpha value is -1.49. The molecule has 0 saturated carbocycles. The summed E-state index contributed by atoms with van der Waals surface area (Å²) >= 11 is 0. The van der Waals surface area contributed by atoms with Crippen molar-refractivity contribution in [1.29, 1.82) is 0 Å². The number of rotatable bonds is 2. The summed E-state index contributed by atoms with van der Waals surface area (Å²) in [6.45, 7) is 4.37. The highest BCUT2D eigenvalue weighted by Crippen LogP contribution is 2.23. The summed E-state index contributed by atoms with van der Waals surface area (Å²) < 4.78 is 0. The average Bonchev–Trinajstić information content (AvgIpc) is 2.39. The lowest BCUT2D eigenvalue weighted by Gasteiger charge is -2.36. The molecule has 0 radical (unpaired) electrons. The summed E-state index contributed by atoms with van der Waals surface area (Å²) in [6, 6.07) is 0. The van der Waals surface area contributed by atoms with E-state index in [0.29, 0.717) is 23.9 Å². The van der Waals surface area contributed by atoms with Crippen LogP contribution >= 0.6 is 0 Å². The maximum atomic E-state index is 12.2. The van der Waals surface area contributed by atoms with E-state index in [9.17, 15) is 4.79 Å². The fourth-order valence-electron chi connectivity index (χ4n) is 2.23. The van der Waals surface area contributed by atoms with Gasteiger partial charge in [0.15, 0.2) is 0 Å². The third-order valence-electron chi connectivity index (χ3n) is 3.51. The second-order valence-corrected chi connectivity index (χ2v) is 4.64. The van der Waals surface area contributed by atoms with E-state index in [1.165, 1.54) is 6.33 Å². The molecular formula is C12H18N4O. The molecule has 1 fully saturated rings. The number of hydrogen-bond acceptors (Lipinski definition) is 4. The molecular weight excluding hydrogens is 216 g/mol. The molecule has 2 N–H and O–H groups in total. The average molecular weight is 234 g/mol. The van der Waals surface area contributed by atoms with Gasteiger partial charge in [-0.05, 0) is 24.8 Å². The Morgan fingerprint density at radius 1 is 1.53 bits per heavy atom. The lowest BCUT2D eigenvalue weighted by Crippen LogP contribution is -2.45. The highest BCUT2D eigenvalue weighted by atomic mass is 16.2. The molecule has 1 aromatic heterocycles. The minimum absolute atomic E-state index is 0.0101. The second kappa shape index (κ2) is 5.23. The van der Waals surface area contributed by atoms with Gasteiger partial charge in [0.25, 0.3) is 5.91 Å². The summed E-state index contributed by atoms with van der Waals surface area (Å²) in [5, 5.41) is 0. The maximum Gasteiger partial charge on any atom is 0.257 e. The van der Waals surface area contributed by atoms with E-state index in [1.54, 1.807) is 12.4 Å². The van der Waals surface area contributed by atoms with Gasteiger partial charge in [-0.15, -0.1) is 0 Å². The van der Waals surface area contributed by atoms with Gasteiger partial charge in [-0.25, -0.2) is 9.97 Å². The number of nitrogens with zero attached hydrogens (tertiary/aromatic N) is 3. The Kier molecular flexibility index (Phi) is 3.68. The number of amides is 1. The van der Waals surface area contributed by atoms with Crippen LogP contribution in [0, 0.1) is 11.8 Å². The number of nitrogens with two attached hydrogens (primary N) is 1. The molecule has 2 heterocycles. The van der Waals surface area contributed by atoms with Gasteiger partial charge in [-0.2, -0.15) is 0 Å². The lowest BCUT2D eigenvalue weighted by molar-refractivity contribution is 0.0617. The van der Waals surface area contributed by atoms with Crippen LogP contribution in [0.1, 0.15) is 23.7 Å². The normalized spacial score (nSPS) is 24.7. The van der Waals surface area contributed by atoms with Crippen molar-refractivity contribution in [3.63, 3.8) is 0 Å². The van der Waals surface area contributed by atoms with Gasteiger partial charge in [0.1, 0.15) is 6.33 Å². The molecule has 5 nitrogen and oxygen atoms in total. The summed E-state index contributed by atoms with van der Waals surface area (Å²) in [5.74, 6) is 1.00. The fraction of sp³-hybridized carbons (Fsp3) is 0.583. The number of aromatic nitrogens is 2. The Labute approximate surface area is 101 Å². The largest absolute Gasteiger partial charge is 0.338 e. The van der Waals surface area contributed by atoms with Gasteiger partial charge < -0.3 is 10.6 Å². The van der Waals surface area contributed by atoms with E-state index in [1.807, 2.05) is 4.90 Å². The molecule has 2 atom stereocenters. The lowest BCUT2D eigenvalue weighted by atomic mass is 9.87. The van der Waals surface area contributed by atoms with Crippen LogP contribution in [0.25, 0.3) is 0 Å². The van der Waals surface area contributed by atoms with Crippen LogP contribution in [0.3, 0.4) is 0 Å². The van der Waals surface area contributed by atoms with Crippen LogP contribution in [-0.2, 0) is 0 Å². The number of hydrogen-bond donors (Lipinski definition) is 1. The van der Waals surface area contributed by atoms with Crippen LogP contribution in [0.5, 0.6) is 0 Å². The van der Waals surface area contributed by atoms with E-state index in [4.69, 9.17) is 5.73 Å². The fourth-order valence-corrected chi connectivity index (χ4v) is 2.23. The van der Waals surface area contributed by atoms with E-state index >= 15 is 0 Å². The Balaban J connectivity index is 2.06. The molecule has 1 aliphatic rings. The molecule has 2 unspecified atom stereocenters. The summed E-state index contributed by atoms with van der Waals surface area (Å²) in [7, 11) is 0. The first-order valence-corrected chi connectivity index (χ1v) is 5.96. The van der Waals surface area contributed by atoms with Crippen molar-refractivity contribution in [2.45, 2.75) is 13.3 Å². The second-order valence-electron chi connectivity index (χ2n) is 4.64. The van der Waals surface area contributed by atoms with Crippen LogP contribution in [0.15, 0.2) is 18.7 Å². The zero-order valence-electron chi connectivity index (χ0n) is 10.0. The third kappa shape index (κ3) is 2.61. The van der Waals surface area contributed by atoms with Gasteiger partial charge in [-0.3, -0.25) is 4.79 Å². The maximum absolute atomic E-state index is 12.2. The van der Waals surface area contributed by atoms with E-state index in [-0.39, 0.29) is 5.91 Å². The van der Waals surface area contributed by atoms with Crippen LogP contribution in [-0.4, -0.2) is 40.4 Å². The molecule has 17 heavy (non-hydrogen) atoms. The molecule has 1 aromatic rings. The predicted octanol–water partition coefficient (Wildman–Crippen LogP) is 0.534. The monoisotopic (exact) mass is 234 g/mol. The SMILES string of the molecule is CC1CCN(C(=O)c2cncnc2)CC1CN. The topological polar surface area (TPSA) is 72.1 Å². The molecule has 0 aromatic carbocycles. The summed E-state index contributed by atoms with van der Waals surface area (Å²) in [6.07, 6.45) is 5.56. The highest BCUT2D eigenvalue weighted by Gasteiger charge is 2.28. The molecule has 92 valence electrons. The predicted molar refractivity (Wildman–Crippen MR) is 64.3 cm³/mol. The number of likely N-dealkylation sites (tertiary alicyclic amines) is 1. The molecule has 1 aliphatic heterocycles.